The molecule has 0 saturated carbocycles. The molecule has 0 aromatic heterocycles. The van der Waals surface area contributed by atoms with Crippen molar-refractivity contribution in [3.8, 4) is 5.75 Å². The fourth-order valence-corrected chi connectivity index (χ4v) is 2.67. The molecule has 1 aromatic carbocycles. The third-order valence-electron chi connectivity index (χ3n) is 3.25. The molecule has 0 aliphatic heterocycles. The first-order chi connectivity index (χ1) is 9.31. The first-order valence-electron chi connectivity index (χ1n) is 6.68. The molecule has 1 rings (SSSR count). The smallest absolute Gasteiger partial charge is 0.242 e. The van der Waals surface area contributed by atoms with Gasteiger partial charge in [0.2, 0.25) is 5.91 Å². The van der Waals surface area contributed by atoms with Crippen molar-refractivity contribution in [3.63, 3.8) is 0 Å². The lowest BCUT2D eigenvalue weighted by Crippen LogP contribution is -2.51. The second-order valence-corrected chi connectivity index (χ2v) is 6.20. The Morgan fingerprint density at radius 2 is 2.10 bits per heavy atom. The van der Waals surface area contributed by atoms with Crippen molar-refractivity contribution in [1.82, 2.24) is 4.90 Å². The van der Waals surface area contributed by atoms with Crippen LogP contribution < -0.4 is 10.5 Å². The lowest BCUT2D eigenvalue weighted by atomic mass is 9.95. The van der Waals surface area contributed by atoms with Gasteiger partial charge in [0.05, 0.1) is 12.6 Å². The molecule has 120 valence electrons. The van der Waals surface area contributed by atoms with Crippen molar-refractivity contribution < 1.29 is 9.53 Å². The average Bonchev–Trinajstić information content (AvgIpc) is 2.38. The van der Waals surface area contributed by atoms with Crippen LogP contribution in [0.2, 0.25) is 0 Å². The normalized spacial score (nSPS) is 13.0. The number of methoxy groups -OCH3 is 1. The lowest BCUT2D eigenvalue weighted by Gasteiger charge is -2.29. The maximum Gasteiger partial charge on any atom is 0.242 e. The Kier molecular flexibility index (Phi) is 8.29. The van der Waals surface area contributed by atoms with Crippen LogP contribution in [0.25, 0.3) is 0 Å². The number of hydrogen-bond donors (Lipinski definition) is 1. The van der Waals surface area contributed by atoms with E-state index >= 15 is 0 Å². The third-order valence-corrected chi connectivity index (χ3v) is 3.75. The van der Waals surface area contributed by atoms with Crippen LogP contribution in [-0.2, 0) is 11.3 Å². The van der Waals surface area contributed by atoms with Crippen LogP contribution >= 0.6 is 28.3 Å². The summed E-state index contributed by atoms with van der Waals surface area (Å²) >= 11 is 3.43. The molecule has 0 saturated heterocycles. The van der Waals surface area contributed by atoms with Gasteiger partial charge < -0.3 is 15.4 Å². The van der Waals surface area contributed by atoms with Crippen LogP contribution in [0.4, 0.5) is 0 Å². The number of halogens is 2. The summed E-state index contributed by atoms with van der Waals surface area (Å²) in [5.74, 6) is 0.712. The predicted octanol–water partition coefficient (Wildman–Crippen LogP) is 3.36. The van der Waals surface area contributed by atoms with E-state index in [1.54, 1.807) is 26.0 Å². The van der Waals surface area contributed by atoms with Crippen LogP contribution in [-0.4, -0.2) is 30.5 Å². The van der Waals surface area contributed by atoms with Crippen molar-refractivity contribution in [2.75, 3.05) is 14.2 Å². The highest BCUT2D eigenvalue weighted by Crippen LogP contribution is 2.25. The molecule has 0 aliphatic carbocycles. The number of carbonyl (C=O) groups excluding carboxylic acids is 1. The van der Waals surface area contributed by atoms with Crippen LogP contribution in [0.5, 0.6) is 5.75 Å². The molecular weight excluding hydrogens is 356 g/mol. The zero-order valence-corrected chi connectivity index (χ0v) is 15.4. The zero-order valence-electron chi connectivity index (χ0n) is 13.0. The molecule has 1 amide bonds. The molecule has 6 heteroatoms. The van der Waals surface area contributed by atoms with Gasteiger partial charge in [-0.15, -0.1) is 12.4 Å². The van der Waals surface area contributed by atoms with E-state index in [1.807, 2.05) is 25.1 Å². The summed E-state index contributed by atoms with van der Waals surface area (Å²) in [5.41, 5.74) is 6.23. The summed E-state index contributed by atoms with van der Waals surface area (Å²) in [6, 6.07) is 5.75. The lowest BCUT2D eigenvalue weighted by molar-refractivity contribution is -0.135. The molecule has 2 N–H and O–H groups in total. The number of ether oxygens (including phenoxy) is 1. The SMILES string of the molecule is CCCC(C)(N)C(=O)N(C)Cc1cc(Br)ccc1OC.Cl. The summed E-state index contributed by atoms with van der Waals surface area (Å²) < 4.78 is 6.28. The second-order valence-electron chi connectivity index (χ2n) is 5.28. The Morgan fingerprint density at radius 3 is 2.62 bits per heavy atom. The molecule has 4 nitrogen and oxygen atoms in total. The van der Waals surface area contributed by atoms with Gasteiger partial charge in [-0.2, -0.15) is 0 Å². The summed E-state index contributed by atoms with van der Waals surface area (Å²) in [5, 5.41) is 0. The van der Waals surface area contributed by atoms with Gasteiger partial charge in [0.25, 0.3) is 0 Å². The van der Waals surface area contributed by atoms with Gasteiger partial charge in [0, 0.05) is 23.6 Å². The van der Waals surface area contributed by atoms with Crippen molar-refractivity contribution >= 4 is 34.2 Å². The Balaban J connectivity index is 0.00000400. The highest BCUT2D eigenvalue weighted by molar-refractivity contribution is 9.10. The quantitative estimate of drug-likeness (QED) is 0.824. The summed E-state index contributed by atoms with van der Waals surface area (Å²) in [6.45, 7) is 4.28. The van der Waals surface area contributed by atoms with Gasteiger partial charge in [-0.05, 0) is 31.5 Å². The van der Waals surface area contributed by atoms with Gasteiger partial charge in [0.1, 0.15) is 5.75 Å². The van der Waals surface area contributed by atoms with Gasteiger partial charge in [-0.25, -0.2) is 0 Å². The molecular formula is C15H24BrClN2O2. The van der Waals surface area contributed by atoms with E-state index in [1.165, 1.54) is 0 Å². The molecule has 0 fully saturated rings. The maximum absolute atomic E-state index is 12.4. The monoisotopic (exact) mass is 378 g/mol. The van der Waals surface area contributed by atoms with E-state index in [4.69, 9.17) is 10.5 Å². The van der Waals surface area contributed by atoms with E-state index in [0.717, 1.165) is 22.2 Å². The molecule has 0 spiro atoms. The van der Waals surface area contributed by atoms with Gasteiger partial charge in [0.15, 0.2) is 0 Å². The standard InChI is InChI=1S/C15H23BrN2O2.ClH/c1-5-8-15(2,17)14(19)18(3)10-11-9-12(16)6-7-13(11)20-4;/h6-7,9H,5,8,10,17H2,1-4H3;1H. The van der Waals surface area contributed by atoms with Crippen molar-refractivity contribution in [3.05, 3.63) is 28.2 Å². The van der Waals surface area contributed by atoms with Crippen LogP contribution in [0.3, 0.4) is 0 Å². The van der Waals surface area contributed by atoms with E-state index < -0.39 is 5.54 Å². The number of benzene rings is 1. The van der Waals surface area contributed by atoms with Crippen molar-refractivity contribution in [1.29, 1.82) is 0 Å². The van der Waals surface area contributed by atoms with Crippen molar-refractivity contribution in [2.24, 2.45) is 5.73 Å². The Labute approximate surface area is 141 Å². The predicted molar refractivity (Wildman–Crippen MR) is 91.9 cm³/mol. The third kappa shape index (κ3) is 5.49. The number of likely N-dealkylation sites (N-methyl/N-ethyl adjacent to an activating group) is 1. The largest absolute Gasteiger partial charge is 0.496 e. The first-order valence-corrected chi connectivity index (χ1v) is 7.48. The molecule has 0 bridgehead atoms. The van der Waals surface area contributed by atoms with E-state index in [-0.39, 0.29) is 18.3 Å². The topological polar surface area (TPSA) is 55.6 Å². The Hall–Kier alpha value is -0.780. The number of rotatable bonds is 6. The van der Waals surface area contributed by atoms with Gasteiger partial charge in [-0.3, -0.25) is 4.79 Å². The first kappa shape index (κ1) is 20.2. The molecule has 0 heterocycles. The Morgan fingerprint density at radius 1 is 1.48 bits per heavy atom. The molecule has 1 aromatic rings. The minimum atomic E-state index is -0.817. The molecule has 1 unspecified atom stereocenters. The number of hydrogen-bond acceptors (Lipinski definition) is 3. The average molecular weight is 380 g/mol. The van der Waals surface area contributed by atoms with Gasteiger partial charge in [-0.1, -0.05) is 29.3 Å². The highest BCUT2D eigenvalue weighted by Gasteiger charge is 2.30. The fraction of sp³-hybridized carbons (Fsp3) is 0.533. The minimum absolute atomic E-state index is 0. The fourth-order valence-electron chi connectivity index (χ4n) is 2.26. The number of nitrogens with two attached hydrogens (primary N) is 1. The van der Waals surface area contributed by atoms with Crippen molar-refractivity contribution in [2.45, 2.75) is 38.8 Å². The summed E-state index contributed by atoms with van der Waals surface area (Å²) in [7, 11) is 3.39. The number of amides is 1. The second kappa shape index (κ2) is 8.61. The van der Waals surface area contributed by atoms with E-state index in [2.05, 4.69) is 15.9 Å². The zero-order chi connectivity index (χ0) is 15.3. The van der Waals surface area contributed by atoms with Crippen LogP contribution in [0.1, 0.15) is 32.3 Å². The molecule has 0 aliphatic rings. The van der Waals surface area contributed by atoms with E-state index in [0.29, 0.717) is 13.0 Å². The maximum atomic E-state index is 12.4. The van der Waals surface area contributed by atoms with Crippen LogP contribution in [0, 0.1) is 0 Å². The van der Waals surface area contributed by atoms with Gasteiger partial charge >= 0.3 is 0 Å². The number of nitrogens with zero attached hydrogens (tertiary/aromatic N) is 1. The number of carbonyl (C=O) groups is 1. The summed E-state index contributed by atoms with van der Waals surface area (Å²) in [4.78, 5) is 14.0. The molecule has 1 atom stereocenters. The van der Waals surface area contributed by atoms with Crippen LogP contribution in [0.15, 0.2) is 22.7 Å². The molecule has 21 heavy (non-hydrogen) atoms. The molecule has 0 radical (unpaired) electrons. The van der Waals surface area contributed by atoms with E-state index in [9.17, 15) is 4.79 Å². The highest BCUT2D eigenvalue weighted by atomic mass is 79.9. The minimum Gasteiger partial charge on any atom is -0.496 e. The Bertz CT molecular complexity index is 481. The summed E-state index contributed by atoms with van der Waals surface area (Å²) in [6.07, 6.45) is 1.55.